The van der Waals surface area contributed by atoms with Crippen molar-refractivity contribution in [3.63, 3.8) is 0 Å². The zero-order valence-corrected chi connectivity index (χ0v) is 17.7. The molecule has 1 heterocycles. The first kappa shape index (κ1) is 21.3. The number of methoxy groups -OCH3 is 1. The first-order valence-electron chi connectivity index (χ1n) is 10.1. The van der Waals surface area contributed by atoms with Gasteiger partial charge in [0.15, 0.2) is 0 Å². The number of carbonyl (C=O) groups excluding carboxylic acids is 2. The van der Waals surface area contributed by atoms with E-state index in [9.17, 15) is 19.1 Å². The normalized spacial score (nSPS) is 17.6. The number of aliphatic hydroxyl groups is 1. The Balaban J connectivity index is 1.87. The van der Waals surface area contributed by atoms with Crippen LogP contribution in [0.3, 0.4) is 0 Å². The van der Waals surface area contributed by atoms with Gasteiger partial charge in [-0.05, 0) is 42.3 Å². The number of hydrogen-bond acceptors (Lipinski definition) is 4. The van der Waals surface area contributed by atoms with Crippen LogP contribution in [0.5, 0.6) is 5.75 Å². The van der Waals surface area contributed by atoms with Gasteiger partial charge in [0.1, 0.15) is 17.3 Å². The fraction of sp³-hybridized carbons (Fsp3) is 0.154. The number of Topliss-reactive ketones (excluding diaryl/α,β-unsaturated/α-hetero) is 1. The largest absolute Gasteiger partial charge is 0.507 e. The van der Waals surface area contributed by atoms with Crippen molar-refractivity contribution in [3.8, 4) is 5.75 Å². The Morgan fingerprint density at radius 1 is 1.03 bits per heavy atom. The molecule has 1 N–H and O–H groups in total. The predicted octanol–water partition coefficient (Wildman–Crippen LogP) is 4.76. The van der Waals surface area contributed by atoms with Crippen LogP contribution in [0.15, 0.2) is 78.4 Å². The number of carbonyl (C=O) groups is 2. The van der Waals surface area contributed by atoms with E-state index in [4.69, 9.17) is 4.74 Å². The van der Waals surface area contributed by atoms with Crippen LogP contribution in [-0.4, -0.2) is 28.8 Å². The summed E-state index contributed by atoms with van der Waals surface area (Å²) in [6.45, 7) is 1.69. The summed E-state index contributed by atoms with van der Waals surface area (Å²) >= 11 is 0. The van der Waals surface area contributed by atoms with Crippen LogP contribution < -0.4 is 4.74 Å². The van der Waals surface area contributed by atoms with Crippen molar-refractivity contribution >= 4 is 17.4 Å². The Bertz CT molecular complexity index is 1220. The van der Waals surface area contributed by atoms with E-state index in [-0.39, 0.29) is 23.4 Å². The maximum Gasteiger partial charge on any atom is 0.295 e. The average molecular weight is 431 g/mol. The van der Waals surface area contributed by atoms with Crippen LogP contribution in [0, 0.1) is 12.7 Å². The summed E-state index contributed by atoms with van der Waals surface area (Å²) in [6.07, 6.45) is 0. The number of ketones is 1. The number of amides is 1. The number of rotatable bonds is 5. The van der Waals surface area contributed by atoms with Gasteiger partial charge in [0.2, 0.25) is 0 Å². The van der Waals surface area contributed by atoms with E-state index in [1.807, 2.05) is 24.3 Å². The molecular weight excluding hydrogens is 409 g/mol. The highest BCUT2D eigenvalue weighted by Crippen LogP contribution is 2.41. The topological polar surface area (TPSA) is 66.8 Å². The van der Waals surface area contributed by atoms with Crippen molar-refractivity contribution in [2.24, 2.45) is 0 Å². The Morgan fingerprint density at radius 2 is 1.72 bits per heavy atom. The van der Waals surface area contributed by atoms with Crippen molar-refractivity contribution in [2.75, 3.05) is 7.11 Å². The van der Waals surface area contributed by atoms with E-state index in [0.717, 1.165) is 5.56 Å². The highest BCUT2D eigenvalue weighted by Gasteiger charge is 2.46. The molecule has 162 valence electrons. The van der Waals surface area contributed by atoms with Crippen LogP contribution in [0.2, 0.25) is 0 Å². The van der Waals surface area contributed by atoms with Gasteiger partial charge in [-0.3, -0.25) is 9.59 Å². The molecule has 0 aromatic heterocycles. The van der Waals surface area contributed by atoms with Gasteiger partial charge in [-0.25, -0.2) is 4.39 Å². The number of para-hydroxylation sites is 1. The minimum atomic E-state index is -0.800. The summed E-state index contributed by atoms with van der Waals surface area (Å²) in [5, 5.41) is 11.1. The van der Waals surface area contributed by atoms with Gasteiger partial charge in [-0.15, -0.1) is 0 Å². The molecule has 4 rings (SSSR count). The molecule has 0 bridgehead atoms. The van der Waals surface area contributed by atoms with Crippen molar-refractivity contribution in [2.45, 2.75) is 19.5 Å². The molecule has 1 fully saturated rings. The molecule has 1 aliphatic rings. The summed E-state index contributed by atoms with van der Waals surface area (Å²) < 4.78 is 19.2. The van der Waals surface area contributed by atoms with Crippen molar-refractivity contribution in [3.05, 3.63) is 106 Å². The molecule has 1 unspecified atom stereocenters. The summed E-state index contributed by atoms with van der Waals surface area (Å²) in [6, 6.07) is 19.6. The van der Waals surface area contributed by atoms with Crippen molar-refractivity contribution in [1.82, 2.24) is 4.90 Å². The van der Waals surface area contributed by atoms with Gasteiger partial charge in [0.05, 0.1) is 25.3 Å². The van der Waals surface area contributed by atoms with Crippen molar-refractivity contribution < 1.29 is 23.8 Å². The maximum absolute atomic E-state index is 13.8. The van der Waals surface area contributed by atoms with E-state index in [2.05, 4.69) is 0 Å². The van der Waals surface area contributed by atoms with E-state index in [0.29, 0.717) is 16.9 Å². The number of likely N-dealkylation sites (tertiary alicyclic amines) is 1. The molecule has 0 spiro atoms. The molecule has 3 aromatic carbocycles. The summed E-state index contributed by atoms with van der Waals surface area (Å²) in [4.78, 5) is 27.6. The smallest absolute Gasteiger partial charge is 0.295 e. The van der Waals surface area contributed by atoms with Gasteiger partial charge in [0.25, 0.3) is 11.7 Å². The third kappa shape index (κ3) is 3.75. The van der Waals surface area contributed by atoms with Gasteiger partial charge in [-0.1, -0.05) is 48.5 Å². The van der Waals surface area contributed by atoms with E-state index < -0.39 is 23.5 Å². The maximum atomic E-state index is 13.8. The number of halogens is 1. The van der Waals surface area contributed by atoms with E-state index >= 15 is 0 Å². The molecule has 1 saturated heterocycles. The Morgan fingerprint density at radius 3 is 2.41 bits per heavy atom. The SMILES string of the molecule is COc1ccccc1CN1C(=O)C(=O)/C(=C(\O)c2ccc(F)c(C)c2)C1c1ccccc1. The second-order valence-electron chi connectivity index (χ2n) is 7.61. The minimum Gasteiger partial charge on any atom is -0.507 e. The summed E-state index contributed by atoms with van der Waals surface area (Å²) in [7, 11) is 1.54. The monoisotopic (exact) mass is 431 g/mol. The highest BCUT2D eigenvalue weighted by molar-refractivity contribution is 6.46. The van der Waals surface area contributed by atoms with Crippen LogP contribution >= 0.6 is 0 Å². The number of hydrogen-bond donors (Lipinski definition) is 1. The third-order valence-electron chi connectivity index (χ3n) is 5.62. The first-order valence-corrected chi connectivity index (χ1v) is 10.1. The first-order chi connectivity index (χ1) is 15.4. The summed E-state index contributed by atoms with van der Waals surface area (Å²) in [5.74, 6) is -1.66. The molecule has 0 radical (unpaired) electrons. The standard InChI is InChI=1S/C26H22FNO4/c1-16-14-18(12-13-20(16)27)24(29)22-23(17-8-4-3-5-9-17)28(26(31)25(22)30)15-19-10-6-7-11-21(19)32-2/h3-14,23,29H,15H2,1-2H3/b24-22-. The van der Waals surface area contributed by atoms with Crippen LogP contribution in [-0.2, 0) is 16.1 Å². The van der Waals surface area contributed by atoms with E-state index in [1.165, 1.54) is 23.1 Å². The summed E-state index contributed by atoms with van der Waals surface area (Å²) in [5.41, 5.74) is 1.99. The number of nitrogens with zero attached hydrogens (tertiary/aromatic N) is 1. The molecule has 1 atom stereocenters. The number of aryl methyl sites for hydroxylation is 1. The zero-order valence-electron chi connectivity index (χ0n) is 17.7. The molecule has 6 heteroatoms. The molecule has 5 nitrogen and oxygen atoms in total. The second kappa shape index (κ2) is 8.67. The molecular formula is C26H22FNO4. The van der Waals surface area contributed by atoms with Crippen LogP contribution in [0.1, 0.15) is 28.3 Å². The highest BCUT2D eigenvalue weighted by atomic mass is 19.1. The lowest BCUT2D eigenvalue weighted by molar-refractivity contribution is -0.140. The molecule has 0 saturated carbocycles. The fourth-order valence-corrected chi connectivity index (χ4v) is 3.99. The number of aliphatic hydroxyl groups excluding tert-OH is 1. The van der Waals surface area contributed by atoms with Gasteiger partial charge >= 0.3 is 0 Å². The Labute approximate surface area is 185 Å². The lowest BCUT2D eigenvalue weighted by atomic mass is 9.94. The fourth-order valence-electron chi connectivity index (χ4n) is 3.99. The van der Waals surface area contributed by atoms with E-state index in [1.54, 1.807) is 44.4 Å². The number of benzene rings is 3. The zero-order chi connectivity index (χ0) is 22.8. The predicted molar refractivity (Wildman–Crippen MR) is 118 cm³/mol. The second-order valence-corrected chi connectivity index (χ2v) is 7.61. The lowest BCUT2D eigenvalue weighted by Gasteiger charge is -2.26. The van der Waals surface area contributed by atoms with Crippen molar-refractivity contribution in [1.29, 1.82) is 0 Å². The number of ether oxygens (including phenoxy) is 1. The molecule has 32 heavy (non-hydrogen) atoms. The average Bonchev–Trinajstić information content (AvgIpc) is 3.06. The van der Waals surface area contributed by atoms with Crippen LogP contribution in [0.4, 0.5) is 4.39 Å². The Hall–Kier alpha value is -3.93. The minimum absolute atomic E-state index is 0.0258. The lowest BCUT2D eigenvalue weighted by Crippen LogP contribution is -2.29. The quantitative estimate of drug-likeness (QED) is 0.359. The van der Waals surface area contributed by atoms with Crippen LogP contribution in [0.25, 0.3) is 5.76 Å². The molecule has 3 aromatic rings. The molecule has 1 amide bonds. The van der Waals surface area contributed by atoms with Gasteiger partial charge < -0.3 is 14.7 Å². The van der Waals surface area contributed by atoms with Gasteiger partial charge in [0, 0.05) is 11.1 Å². The Kier molecular flexibility index (Phi) is 5.77. The van der Waals surface area contributed by atoms with Gasteiger partial charge in [-0.2, -0.15) is 0 Å². The molecule has 1 aliphatic heterocycles. The third-order valence-corrected chi connectivity index (χ3v) is 5.62. The molecule has 0 aliphatic carbocycles.